The first-order chi connectivity index (χ1) is 14.2. The van der Waals surface area contributed by atoms with Crippen LogP contribution in [-0.2, 0) is 16.0 Å². The largest absolute Gasteiger partial charge is 0.494 e. The van der Waals surface area contributed by atoms with Crippen molar-refractivity contribution in [1.82, 2.24) is 10.2 Å². The van der Waals surface area contributed by atoms with Gasteiger partial charge in [0.25, 0.3) is 0 Å². The molecule has 3 rings (SSSR count). The first-order valence-electron chi connectivity index (χ1n) is 10.5. The summed E-state index contributed by atoms with van der Waals surface area (Å²) in [7, 11) is 0. The zero-order valence-electron chi connectivity index (χ0n) is 16.9. The number of likely N-dealkylation sites (tertiary alicyclic amines) is 1. The van der Waals surface area contributed by atoms with Crippen molar-refractivity contribution in [2.75, 3.05) is 26.2 Å². The lowest BCUT2D eigenvalue weighted by atomic mass is 9.95. The van der Waals surface area contributed by atoms with Gasteiger partial charge in [-0.2, -0.15) is 0 Å². The van der Waals surface area contributed by atoms with Crippen molar-refractivity contribution in [1.29, 1.82) is 0 Å². The molecule has 0 bridgehead atoms. The molecule has 5 nitrogen and oxygen atoms in total. The molecule has 0 unspecified atom stereocenters. The predicted octanol–water partition coefficient (Wildman–Crippen LogP) is 3.44. The van der Waals surface area contributed by atoms with E-state index in [1.807, 2.05) is 53.4 Å². The van der Waals surface area contributed by atoms with Crippen molar-refractivity contribution in [3.8, 4) is 5.75 Å². The van der Waals surface area contributed by atoms with Crippen LogP contribution in [0.4, 0.5) is 0 Å². The number of hydrogen-bond donors (Lipinski definition) is 1. The molecule has 2 aromatic carbocycles. The SMILES string of the molecule is O=C(NCCCOc1ccccc1)C1CCN(C(=O)CCc2ccccc2)CC1. The molecule has 154 valence electrons. The molecule has 0 saturated carbocycles. The molecule has 1 heterocycles. The second-order valence-electron chi connectivity index (χ2n) is 7.45. The van der Waals surface area contributed by atoms with E-state index < -0.39 is 0 Å². The van der Waals surface area contributed by atoms with Gasteiger partial charge in [0.1, 0.15) is 5.75 Å². The second kappa shape index (κ2) is 11.2. The number of aryl methyl sites for hydroxylation is 1. The van der Waals surface area contributed by atoms with E-state index in [-0.39, 0.29) is 17.7 Å². The molecule has 1 aliphatic rings. The van der Waals surface area contributed by atoms with E-state index in [0.29, 0.717) is 32.7 Å². The number of carbonyl (C=O) groups is 2. The molecule has 0 spiro atoms. The van der Waals surface area contributed by atoms with Crippen molar-refractivity contribution >= 4 is 11.8 Å². The summed E-state index contributed by atoms with van der Waals surface area (Å²) in [5.74, 6) is 1.14. The van der Waals surface area contributed by atoms with Gasteiger partial charge in [0, 0.05) is 32.0 Å². The lowest BCUT2D eigenvalue weighted by Gasteiger charge is -2.31. The van der Waals surface area contributed by atoms with Crippen LogP contribution in [0.25, 0.3) is 0 Å². The van der Waals surface area contributed by atoms with E-state index in [9.17, 15) is 9.59 Å². The van der Waals surface area contributed by atoms with E-state index in [4.69, 9.17) is 4.74 Å². The molecule has 5 heteroatoms. The minimum Gasteiger partial charge on any atom is -0.494 e. The Morgan fingerprint density at radius 3 is 2.31 bits per heavy atom. The van der Waals surface area contributed by atoms with Crippen molar-refractivity contribution in [3.05, 3.63) is 66.2 Å². The van der Waals surface area contributed by atoms with Crippen LogP contribution < -0.4 is 10.1 Å². The van der Waals surface area contributed by atoms with Gasteiger partial charge in [0.2, 0.25) is 11.8 Å². The first-order valence-corrected chi connectivity index (χ1v) is 10.5. The number of ether oxygens (including phenoxy) is 1. The molecule has 29 heavy (non-hydrogen) atoms. The highest BCUT2D eigenvalue weighted by Crippen LogP contribution is 2.18. The van der Waals surface area contributed by atoms with Crippen LogP contribution in [0.5, 0.6) is 5.75 Å². The van der Waals surface area contributed by atoms with Crippen LogP contribution in [-0.4, -0.2) is 43.0 Å². The van der Waals surface area contributed by atoms with Gasteiger partial charge in [0.15, 0.2) is 0 Å². The predicted molar refractivity (Wildman–Crippen MR) is 114 cm³/mol. The van der Waals surface area contributed by atoms with Crippen molar-refractivity contribution < 1.29 is 14.3 Å². The Morgan fingerprint density at radius 1 is 0.966 bits per heavy atom. The van der Waals surface area contributed by atoms with Crippen LogP contribution in [0.15, 0.2) is 60.7 Å². The van der Waals surface area contributed by atoms with Gasteiger partial charge in [-0.25, -0.2) is 0 Å². The Morgan fingerprint density at radius 2 is 1.62 bits per heavy atom. The number of amides is 2. The number of piperidine rings is 1. The standard InChI is InChI=1S/C24H30N2O3/c27-23(13-12-20-8-3-1-4-9-20)26-17-14-21(15-18-26)24(28)25-16-7-19-29-22-10-5-2-6-11-22/h1-6,8-11,21H,7,12-19H2,(H,25,28). The fraction of sp³-hybridized carbons (Fsp3) is 0.417. The van der Waals surface area contributed by atoms with Crippen molar-refractivity contribution in [2.45, 2.75) is 32.1 Å². The molecule has 0 atom stereocenters. The Bertz CT molecular complexity index is 756. The van der Waals surface area contributed by atoms with Crippen LogP contribution in [0.3, 0.4) is 0 Å². The van der Waals surface area contributed by atoms with Crippen LogP contribution in [0, 0.1) is 5.92 Å². The summed E-state index contributed by atoms with van der Waals surface area (Å²) in [6.07, 6.45) is 3.55. The summed E-state index contributed by atoms with van der Waals surface area (Å²) in [5.41, 5.74) is 1.19. The molecule has 1 saturated heterocycles. The quantitative estimate of drug-likeness (QED) is 0.663. The smallest absolute Gasteiger partial charge is 0.223 e. The van der Waals surface area contributed by atoms with E-state index in [2.05, 4.69) is 17.4 Å². The van der Waals surface area contributed by atoms with Gasteiger partial charge in [-0.1, -0.05) is 48.5 Å². The van der Waals surface area contributed by atoms with Gasteiger partial charge in [0.05, 0.1) is 6.61 Å². The summed E-state index contributed by atoms with van der Waals surface area (Å²) in [6, 6.07) is 19.8. The van der Waals surface area contributed by atoms with Gasteiger partial charge in [-0.15, -0.1) is 0 Å². The minimum absolute atomic E-state index is 0.00298. The number of rotatable bonds is 9. The number of nitrogens with one attached hydrogen (secondary N) is 1. The van der Waals surface area contributed by atoms with Gasteiger partial charge < -0.3 is 15.0 Å². The molecule has 2 amide bonds. The topological polar surface area (TPSA) is 58.6 Å². The highest BCUT2D eigenvalue weighted by Gasteiger charge is 2.26. The molecule has 0 aromatic heterocycles. The Labute approximate surface area is 173 Å². The zero-order valence-corrected chi connectivity index (χ0v) is 16.9. The number of hydrogen-bond acceptors (Lipinski definition) is 3. The fourth-order valence-corrected chi connectivity index (χ4v) is 3.58. The lowest BCUT2D eigenvalue weighted by Crippen LogP contribution is -2.43. The monoisotopic (exact) mass is 394 g/mol. The number of nitrogens with zero attached hydrogens (tertiary/aromatic N) is 1. The zero-order chi connectivity index (χ0) is 20.3. The highest BCUT2D eigenvalue weighted by molar-refractivity contribution is 5.80. The van der Waals surface area contributed by atoms with E-state index in [1.54, 1.807) is 0 Å². The number of carbonyl (C=O) groups excluding carboxylic acids is 2. The summed E-state index contributed by atoms with van der Waals surface area (Å²) < 4.78 is 5.63. The average molecular weight is 395 g/mol. The third-order valence-electron chi connectivity index (χ3n) is 5.32. The molecular formula is C24H30N2O3. The normalized spacial score (nSPS) is 14.4. The van der Waals surface area contributed by atoms with Gasteiger partial charge >= 0.3 is 0 Å². The maximum Gasteiger partial charge on any atom is 0.223 e. The minimum atomic E-state index is 0.00298. The molecule has 2 aromatic rings. The van der Waals surface area contributed by atoms with Crippen LogP contribution >= 0.6 is 0 Å². The maximum absolute atomic E-state index is 12.4. The Balaban J connectivity index is 1.28. The van der Waals surface area contributed by atoms with Crippen LogP contribution in [0.2, 0.25) is 0 Å². The van der Waals surface area contributed by atoms with Crippen molar-refractivity contribution in [3.63, 3.8) is 0 Å². The molecule has 0 aliphatic carbocycles. The average Bonchev–Trinajstić information content (AvgIpc) is 2.78. The molecule has 1 N–H and O–H groups in total. The molecule has 1 fully saturated rings. The summed E-state index contributed by atoms with van der Waals surface area (Å²) in [6.45, 7) is 2.53. The third-order valence-corrected chi connectivity index (χ3v) is 5.32. The summed E-state index contributed by atoms with van der Waals surface area (Å²) in [4.78, 5) is 26.7. The maximum atomic E-state index is 12.4. The van der Waals surface area contributed by atoms with Gasteiger partial charge in [-0.3, -0.25) is 9.59 Å². The van der Waals surface area contributed by atoms with E-state index in [1.165, 1.54) is 5.56 Å². The summed E-state index contributed by atoms with van der Waals surface area (Å²) >= 11 is 0. The molecular weight excluding hydrogens is 364 g/mol. The number of para-hydroxylation sites is 1. The second-order valence-corrected chi connectivity index (χ2v) is 7.45. The van der Waals surface area contributed by atoms with Crippen molar-refractivity contribution in [2.24, 2.45) is 5.92 Å². The van der Waals surface area contributed by atoms with Crippen LogP contribution in [0.1, 0.15) is 31.2 Å². The third kappa shape index (κ3) is 6.93. The van der Waals surface area contributed by atoms with E-state index in [0.717, 1.165) is 31.4 Å². The summed E-state index contributed by atoms with van der Waals surface area (Å²) in [5, 5.41) is 3.01. The fourth-order valence-electron chi connectivity index (χ4n) is 3.58. The molecule has 0 radical (unpaired) electrons. The lowest BCUT2D eigenvalue weighted by molar-refractivity contribution is -0.135. The Kier molecular flexibility index (Phi) is 8.11. The highest BCUT2D eigenvalue weighted by atomic mass is 16.5. The number of benzene rings is 2. The van der Waals surface area contributed by atoms with Gasteiger partial charge in [-0.05, 0) is 43.4 Å². The van der Waals surface area contributed by atoms with E-state index >= 15 is 0 Å². The molecule has 1 aliphatic heterocycles. The first kappa shape index (κ1) is 20.9. The Hall–Kier alpha value is -2.82.